The Kier molecular flexibility index (Phi) is 2.76. The van der Waals surface area contributed by atoms with E-state index < -0.39 is 0 Å². The molecular weight excluding hydrogens is 236 g/mol. The first-order valence-electron chi connectivity index (χ1n) is 5.99. The molecule has 0 amide bonds. The van der Waals surface area contributed by atoms with Crippen molar-refractivity contribution in [2.45, 2.75) is 6.92 Å². The van der Waals surface area contributed by atoms with E-state index in [0.717, 1.165) is 22.5 Å². The van der Waals surface area contributed by atoms with Crippen molar-refractivity contribution in [2.75, 3.05) is 5.73 Å². The minimum atomic E-state index is 0.691. The van der Waals surface area contributed by atoms with Gasteiger partial charge >= 0.3 is 0 Å². The van der Waals surface area contributed by atoms with Crippen LogP contribution in [-0.4, -0.2) is 14.8 Å². The number of aromatic nitrogens is 3. The van der Waals surface area contributed by atoms with Crippen molar-refractivity contribution in [1.82, 2.24) is 14.8 Å². The molecule has 0 aliphatic heterocycles. The lowest BCUT2D eigenvalue weighted by Gasteiger charge is -2.02. The van der Waals surface area contributed by atoms with E-state index in [-0.39, 0.29) is 0 Å². The van der Waals surface area contributed by atoms with Crippen LogP contribution >= 0.6 is 0 Å². The van der Waals surface area contributed by atoms with Gasteiger partial charge in [0.05, 0.1) is 5.69 Å². The molecule has 0 saturated carbocycles. The van der Waals surface area contributed by atoms with Crippen LogP contribution in [0.2, 0.25) is 0 Å². The zero-order valence-corrected chi connectivity index (χ0v) is 10.5. The molecule has 0 spiro atoms. The summed E-state index contributed by atoms with van der Waals surface area (Å²) in [4.78, 5) is 4.33. The summed E-state index contributed by atoms with van der Waals surface area (Å²) >= 11 is 0. The van der Waals surface area contributed by atoms with E-state index in [9.17, 15) is 0 Å². The molecule has 0 fully saturated rings. The molecule has 2 N–H and O–H groups in total. The second-order valence-corrected chi connectivity index (χ2v) is 4.34. The first kappa shape index (κ1) is 11.5. The van der Waals surface area contributed by atoms with Gasteiger partial charge in [-0.1, -0.05) is 12.1 Å². The van der Waals surface area contributed by atoms with Crippen LogP contribution < -0.4 is 5.73 Å². The van der Waals surface area contributed by atoms with E-state index in [1.54, 1.807) is 11.0 Å². The predicted molar refractivity (Wildman–Crippen MR) is 74.8 cm³/mol. The average molecular weight is 249 g/mol. The highest BCUT2D eigenvalue weighted by atomic mass is 15.3. The second kappa shape index (κ2) is 4.57. The predicted octanol–water partition coefficient (Wildman–Crippen LogP) is 2.63. The molecule has 0 aliphatic rings. The molecule has 4 nitrogen and oxygen atoms in total. The minimum absolute atomic E-state index is 0.691. The third kappa shape index (κ3) is 2.20. The first-order valence-corrected chi connectivity index (χ1v) is 5.99. The SMILES string of the molecule is Cc1cc(-c2ncn(-c3cc[c]cc3)n2)ccc1N. The molecule has 0 aliphatic carbocycles. The van der Waals surface area contributed by atoms with Crippen molar-refractivity contribution in [3.63, 3.8) is 0 Å². The van der Waals surface area contributed by atoms with Gasteiger partial charge < -0.3 is 5.73 Å². The molecule has 1 aromatic heterocycles. The summed E-state index contributed by atoms with van der Waals surface area (Å²) < 4.78 is 1.74. The first-order chi connectivity index (χ1) is 9.24. The number of nitrogens with zero attached hydrogens (tertiary/aromatic N) is 3. The number of rotatable bonds is 2. The molecule has 3 aromatic rings. The fourth-order valence-electron chi connectivity index (χ4n) is 1.87. The Morgan fingerprint density at radius 3 is 2.68 bits per heavy atom. The van der Waals surface area contributed by atoms with Gasteiger partial charge in [0.25, 0.3) is 0 Å². The summed E-state index contributed by atoms with van der Waals surface area (Å²) in [6.07, 6.45) is 1.70. The molecule has 19 heavy (non-hydrogen) atoms. The van der Waals surface area contributed by atoms with Crippen LogP contribution in [0, 0.1) is 13.0 Å². The van der Waals surface area contributed by atoms with Gasteiger partial charge in [-0.2, -0.15) is 0 Å². The molecule has 0 unspecified atom stereocenters. The Bertz CT molecular complexity index is 701. The molecule has 1 radical (unpaired) electrons. The van der Waals surface area contributed by atoms with Crippen LogP contribution in [-0.2, 0) is 0 Å². The quantitative estimate of drug-likeness (QED) is 0.710. The summed E-state index contributed by atoms with van der Waals surface area (Å²) in [5.41, 5.74) is 9.55. The molecule has 4 heteroatoms. The molecule has 2 aromatic carbocycles. The average Bonchev–Trinajstić information content (AvgIpc) is 2.93. The molecule has 0 saturated heterocycles. The van der Waals surface area contributed by atoms with Crippen molar-refractivity contribution in [3.8, 4) is 17.1 Å². The van der Waals surface area contributed by atoms with Gasteiger partial charge in [0.15, 0.2) is 5.82 Å². The van der Waals surface area contributed by atoms with E-state index in [2.05, 4.69) is 16.1 Å². The highest BCUT2D eigenvalue weighted by Crippen LogP contribution is 2.20. The smallest absolute Gasteiger partial charge is 0.181 e. The maximum absolute atomic E-state index is 5.81. The minimum Gasteiger partial charge on any atom is -0.399 e. The lowest BCUT2D eigenvalue weighted by atomic mass is 10.1. The zero-order chi connectivity index (χ0) is 13.2. The number of benzene rings is 2. The maximum Gasteiger partial charge on any atom is 0.181 e. The standard InChI is InChI=1S/C15H13N4/c1-11-9-12(7-8-14(11)16)15-17-10-19(18-15)13-5-3-2-4-6-13/h3-10H,16H2,1H3. The van der Waals surface area contributed by atoms with E-state index in [4.69, 9.17) is 5.73 Å². The molecule has 93 valence electrons. The molecule has 0 bridgehead atoms. The van der Waals surface area contributed by atoms with Gasteiger partial charge in [0.1, 0.15) is 6.33 Å². The fourth-order valence-corrected chi connectivity index (χ4v) is 1.87. The van der Waals surface area contributed by atoms with Crippen LogP contribution in [0.15, 0.2) is 48.8 Å². The molecular formula is C15H13N4. The number of aryl methyl sites for hydroxylation is 1. The van der Waals surface area contributed by atoms with Crippen molar-refractivity contribution < 1.29 is 0 Å². The van der Waals surface area contributed by atoms with Crippen molar-refractivity contribution >= 4 is 5.69 Å². The normalized spacial score (nSPS) is 10.6. The maximum atomic E-state index is 5.81. The van der Waals surface area contributed by atoms with Crippen molar-refractivity contribution in [3.05, 3.63) is 60.4 Å². The van der Waals surface area contributed by atoms with Gasteiger partial charge in [0, 0.05) is 11.3 Å². The van der Waals surface area contributed by atoms with E-state index in [0.29, 0.717) is 5.82 Å². The second-order valence-electron chi connectivity index (χ2n) is 4.34. The van der Waals surface area contributed by atoms with Gasteiger partial charge in [-0.15, -0.1) is 5.10 Å². The summed E-state index contributed by atoms with van der Waals surface area (Å²) in [6, 6.07) is 16.4. The largest absolute Gasteiger partial charge is 0.399 e. The molecule has 3 rings (SSSR count). The Hall–Kier alpha value is -2.62. The van der Waals surface area contributed by atoms with Crippen LogP contribution in [0.25, 0.3) is 17.1 Å². The van der Waals surface area contributed by atoms with Crippen LogP contribution in [0.1, 0.15) is 5.56 Å². The zero-order valence-electron chi connectivity index (χ0n) is 10.5. The van der Waals surface area contributed by atoms with E-state index in [1.165, 1.54) is 0 Å². The van der Waals surface area contributed by atoms with Crippen molar-refractivity contribution in [2.24, 2.45) is 0 Å². The van der Waals surface area contributed by atoms with Crippen LogP contribution in [0.5, 0.6) is 0 Å². The summed E-state index contributed by atoms with van der Waals surface area (Å²) in [7, 11) is 0. The Balaban J connectivity index is 1.99. The van der Waals surface area contributed by atoms with Crippen LogP contribution in [0.3, 0.4) is 0 Å². The highest BCUT2D eigenvalue weighted by Gasteiger charge is 2.06. The number of hydrogen-bond acceptors (Lipinski definition) is 3. The van der Waals surface area contributed by atoms with Gasteiger partial charge in [0.2, 0.25) is 0 Å². The van der Waals surface area contributed by atoms with E-state index >= 15 is 0 Å². The lowest BCUT2D eigenvalue weighted by molar-refractivity contribution is 0.882. The molecule has 0 atom stereocenters. The number of nitrogen functional groups attached to an aromatic ring is 1. The Morgan fingerprint density at radius 2 is 1.95 bits per heavy atom. The van der Waals surface area contributed by atoms with Gasteiger partial charge in [-0.05, 0) is 48.9 Å². The number of hydrogen-bond donors (Lipinski definition) is 1. The molecule has 1 heterocycles. The van der Waals surface area contributed by atoms with Crippen molar-refractivity contribution in [1.29, 1.82) is 0 Å². The van der Waals surface area contributed by atoms with Crippen LogP contribution in [0.4, 0.5) is 5.69 Å². The van der Waals surface area contributed by atoms with E-state index in [1.807, 2.05) is 49.4 Å². The van der Waals surface area contributed by atoms with Gasteiger partial charge in [-0.3, -0.25) is 0 Å². The summed E-state index contributed by atoms with van der Waals surface area (Å²) in [5.74, 6) is 0.691. The van der Waals surface area contributed by atoms with Gasteiger partial charge in [-0.25, -0.2) is 9.67 Å². The third-order valence-corrected chi connectivity index (χ3v) is 2.99. The summed E-state index contributed by atoms with van der Waals surface area (Å²) in [6.45, 7) is 1.98. The number of nitrogens with two attached hydrogens (primary N) is 1. The fraction of sp³-hybridized carbons (Fsp3) is 0.0667. The summed E-state index contributed by atoms with van der Waals surface area (Å²) in [5, 5.41) is 4.47. The topological polar surface area (TPSA) is 56.7 Å². The lowest BCUT2D eigenvalue weighted by Crippen LogP contribution is -1.94. The Morgan fingerprint density at radius 1 is 1.16 bits per heavy atom. The highest BCUT2D eigenvalue weighted by molar-refractivity contribution is 5.61. The monoisotopic (exact) mass is 249 g/mol. The number of anilines is 1. The third-order valence-electron chi connectivity index (χ3n) is 2.99. The Labute approximate surface area is 111 Å².